The number of thioether (sulfide) groups is 1. The lowest BCUT2D eigenvalue weighted by Crippen LogP contribution is -2.35. The van der Waals surface area contributed by atoms with Gasteiger partial charge in [-0.2, -0.15) is 13.2 Å². The van der Waals surface area contributed by atoms with E-state index in [0.29, 0.717) is 0 Å². The molecule has 0 saturated heterocycles. The van der Waals surface area contributed by atoms with Crippen LogP contribution >= 0.6 is 35.0 Å². The number of urea groups is 1. The summed E-state index contributed by atoms with van der Waals surface area (Å²) in [5, 5.41) is 2.85. The van der Waals surface area contributed by atoms with Crippen molar-refractivity contribution in [1.29, 1.82) is 0 Å². The molecule has 3 amide bonds. The Labute approximate surface area is 163 Å². The van der Waals surface area contributed by atoms with Gasteiger partial charge in [-0.1, -0.05) is 29.3 Å². The maximum absolute atomic E-state index is 13.5. The molecule has 144 valence electrons. The maximum atomic E-state index is 13.5. The Morgan fingerprint density at radius 2 is 1.56 bits per heavy atom. The molecule has 0 aliphatic carbocycles. The molecule has 0 aromatic heterocycles. The second kappa shape index (κ2) is 8.32. The van der Waals surface area contributed by atoms with E-state index in [2.05, 4.69) is 5.32 Å². The maximum Gasteiger partial charge on any atom is 0.446 e. The van der Waals surface area contributed by atoms with Gasteiger partial charge in [-0.3, -0.25) is 10.1 Å². The van der Waals surface area contributed by atoms with Gasteiger partial charge in [0.25, 0.3) is 5.91 Å². The zero-order valence-corrected chi connectivity index (χ0v) is 15.1. The van der Waals surface area contributed by atoms with E-state index >= 15 is 0 Å². The monoisotopic (exact) mass is 444 g/mol. The SMILES string of the molecule is O=C(NC(=O)c1c(F)cccc1F)Nc1ccc(SC(F)(F)F)c(Cl)c1Cl. The molecule has 0 atom stereocenters. The summed E-state index contributed by atoms with van der Waals surface area (Å²) in [5.74, 6) is -3.74. The fraction of sp³-hybridized carbons (Fsp3) is 0.0667. The number of imide groups is 1. The minimum Gasteiger partial charge on any atom is -0.306 e. The van der Waals surface area contributed by atoms with Crippen molar-refractivity contribution in [3.63, 3.8) is 0 Å². The highest BCUT2D eigenvalue weighted by Crippen LogP contribution is 2.44. The summed E-state index contributed by atoms with van der Waals surface area (Å²) in [6.07, 6.45) is 0. The number of anilines is 1. The Kier molecular flexibility index (Phi) is 6.55. The Morgan fingerprint density at radius 3 is 2.11 bits per heavy atom. The van der Waals surface area contributed by atoms with Crippen molar-refractivity contribution < 1.29 is 31.5 Å². The quantitative estimate of drug-likeness (QED) is 0.461. The van der Waals surface area contributed by atoms with E-state index in [1.54, 1.807) is 5.32 Å². The lowest BCUT2D eigenvalue weighted by atomic mass is 10.2. The second-order valence-electron chi connectivity index (χ2n) is 4.79. The molecule has 2 N–H and O–H groups in total. The molecule has 12 heteroatoms. The summed E-state index contributed by atoms with van der Waals surface area (Å²) >= 11 is 11.1. The minimum atomic E-state index is -4.60. The first kappa shape index (κ1) is 21.3. The first-order chi connectivity index (χ1) is 12.5. The highest BCUT2D eigenvalue weighted by molar-refractivity contribution is 8.00. The number of benzene rings is 2. The van der Waals surface area contributed by atoms with Gasteiger partial charge in [-0.15, -0.1) is 0 Å². The van der Waals surface area contributed by atoms with Gasteiger partial charge >= 0.3 is 11.5 Å². The number of rotatable bonds is 3. The molecule has 2 aromatic carbocycles. The third kappa shape index (κ3) is 5.47. The number of carbonyl (C=O) groups excluding carboxylic acids is 2. The number of carbonyl (C=O) groups is 2. The molecule has 4 nitrogen and oxygen atoms in total. The van der Waals surface area contributed by atoms with Gasteiger partial charge in [0.15, 0.2) is 0 Å². The third-order valence-electron chi connectivity index (χ3n) is 2.94. The molecule has 0 spiro atoms. The van der Waals surface area contributed by atoms with Crippen molar-refractivity contribution in [3.05, 3.63) is 57.6 Å². The van der Waals surface area contributed by atoms with Crippen LogP contribution in [0.4, 0.5) is 32.4 Å². The summed E-state index contributed by atoms with van der Waals surface area (Å²) in [7, 11) is 0. The van der Waals surface area contributed by atoms with E-state index < -0.39 is 61.3 Å². The molecule has 27 heavy (non-hydrogen) atoms. The molecule has 0 bridgehead atoms. The predicted molar refractivity (Wildman–Crippen MR) is 91.2 cm³/mol. The summed E-state index contributed by atoms with van der Waals surface area (Å²) < 4.78 is 64.3. The predicted octanol–water partition coefficient (Wildman–Crippen LogP) is 5.85. The molecule has 0 unspecified atom stereocenters. The molecule has 0 aliphatic rings. The molecule has 2 rings (SSSR count). The van der Waals surface area contributed by atoms with Gasteiger partial charge in [0.2, 0.25) is 0 Å². The van der Waals surface area contributed by atoms with Crippen LogP contribution in [0.5, 0.6) is 0 Å². The number of hydrogen-bond donors (Lipinski definition) is 2. The van der Waals surface area contributed by atoms with Crippen molar-refractivity contribution in [3.8, 4) is 0 Å². The lowest BCUT2D eigenvalue weighted by Gasteiger charge is -2.13. The van der Waals surface area contributed by atoms with E-state index in [1.165, 1.54) is 0 Å². The van der Waals surface area contributed by atoms with Crippen LogP contribution in [0.3, 0.4) is 0 Å². The highest BCUT2D eigenvalue weighted by Gasteiger charge is 2.31. The highest BCUT2D eigenvalue weighted by atomic mass is 35.5. The Bertz CT molecular complexity index is 888. The molecular formula is C15H7Cl2F5N2O2S. The van der Waals surface area contributed by atoms with E-state index in [0.717, 1.165) is 30.3 Å². The Hall–Kier alpha value is -2.04. The molecule has 0 heterocycles. The van der Waals surface area contributed by atoms with E-state index in [4.69, 9.17) is 23.2 Å². The second-order valence-corrected chi connectivity index (χ2v) is 6.65. The summed E-state index contributed by atoms with van der Waals surface area (Å²) in [6.45, 7) is 0. The van der Waals surface area contributed by atoms with Crippen LogP contribution in [0.2, 0.25) is 10.0 Å². The molecule has 0 radical (unpaired) electrons. The summed E-state index contributed by atoms with van der Waals surface area (Å²) in [4.78, 5) is 23.2. The van der Waals surface area contributed by atoms with Crippen LogP contribution < -0.4 is 10.6 Å². The van der Waals surface area contributed by atoms with Crippen molar-refractivity contribution >= 4 is 52.6 Å². The zero-order valence-electron chi connectivity index (χ0n) is 12.8. The smallest absolute Gasteiger partial charge is 0.306 e. The average Bonchev–Trinajstić information content (AvgIpc) is 2.53. The number of hydrogen-bond acceptors (Lipinski definition) is 3. The van der Waals surface area contributed by atoms with Crippen LogP contribution in [0.1, 0.15) is 10.4 Å². The molecular weight excluding hydrogens is 438 g/mol. The van der Waals surface area contributed by atoms with Gasteiger partial charge in [-0.05, 0) is 36.0 Å². The summed E-state index contributed by atoms with van der Waals surface area (Å²) in [6, 6.07) is 3.43. The standard InChI is InChI=1S/C15H7Cl2F5N2O2S/c16-11-8(4-5-9(12(11)17)27-15(20,21)22)23-14(26)24-13(25)10-6(18)2-1-3-7(10)19/h1-5H,(H2,23,24,25,26). The number of alkyl halides is 3. The minimum absolute atomic E-state index is 0.215. The van der Waals surface area contributed by atoms with Gasteiger partial charge in [0, 0.05) is 4.90 Å². The van der Waals surface area contributed by atoms with E-state index in [9.17, 15) is 31.5 Å². The van der Waals surface area contributed by atoms with Gasteiger partial charge in [0.05, 0.1) is 15.7 Å². The van der Waals surface area contributed by atoms with Gasteiger partial charge in [-0.25, -0.2) is 13.6 Å². The van der Waals surface area contributed by atoms with Crippen LogP contribution in [-0.2, 0) is 0 Å². The van der Waals surface area contributed by atoms with E-state index in [1.807, 2.05) is 0 Å². The number of amides is 3. The number of nitrogens with one attached hydrogen (secondary N) is 2. The molecule has 0 aliphatic heterocycles. The van der Waals surface area contributed by atoms with Crippen LogP contribution in [-0.4, -0.2) is 17.4 Å². The van der Waals surface area contributed by atoms with Crippen LogP contribution in [0, 0.1) is 11.6 Å². The molecule has 0 fully saturated rings. The number of halogens is 7. The Morgan fingerprint density at radius 1 is 0.963 bits per heavy atom. The van der Waals surface area contributed by atoms with Crippen molar-refractivity contribution in [2.24, 2.45) is 0 Å². The fourth-order valence-corrected chi connectivity index (χ4v) is 2.99. The van der Waals surface area contributed by atoms with E-state index in [-0.39, 0.29) is 5.69 Å². The van der Waals surface area contributed by atoms with Crippen molar-refractivity contribution in [2.75, 3.05) is 5.32 Å². The van der Waals surface area contributed by atoms with Gasteiger partial charge < -0.3 is 5.32 Å². The third-order valence-corrected chi connectivity index (χ3v) is 4.72. The first-order valence-electron chi connectivity index (χ1n) is 6.79. The molecule has 2 aromatic rings. The van der Waals surface area contributed by atoms with Crippen LogP contribution in [0.25, 0.3) is 0 Å². The Balaban J connectivity index is 2.14. The molecule has 0 saturated carbocycles. The zero-order chi connectivity index (χ0) is 20.4. The van der Waals surface area contributed by atoms with Crippen molar-refractivity contribution in [1.82, 2.24) is 5.32 Å². The topological polar surface area (TPSA) is 58.2 Å². The largest absolute Gasteiger partial charge is 0.446 e. The normalized spacial score (nSPS) is 11.2. The van der Waals surface area contributed by atoms with Gasteiger partial charge in [0.1, 0.15) is 17.2 Å². The van der Waals surface area contributed by atoms with Crippen molar-refractivity contribution in [2.45, 2.75) is 10.4 Å². The first-order valence-corrected chi connectivity index (χ1v) is 8.37. The van der Waals surface area contributed by atoms with Crippen LogP contribution in [0.15, 0.2) is 35.2 Å². The average molecular weight is 445 g/mol. The fourth-order valence-electron chi connectivity index (χ4n) is 1.87. The lowest BCUT2D eigenvalue weighted by molar-refractivity contribution is -0.0328. The summed E-state index contributed by atoms with van der Waals surface area (Å²) in [5.41, 5.74) is -5.79.